The summed E-state index contributed by atoms with van der Waals surface area (Å²) < 4.78 is 27.9. The number of nitrogens with one attached hydrogen (secondary N) is 2. The molecule has 0 unspecified atom stereocenters. The zero-order chi connectivity index (χ0) is 19.3. The number of carbonyl (C=O) groups is 1. The van der Waals surface area contributed by atoms with E-state index in [1.165, 1.54) is 11.0 Å². The van der Waals surface area contributed by atoms with Crippen LogP contribution in [0.1, 0.15) is 26.2 Å². The number of piperidine rings is 1. The normalized spacial score (nSPS) is 15.7. The van der Waals surface area contributed by atoms with Gasteiger partial charge in [-0.3, -0.25) is 0 Å². The Bertz CT molecular complexity index is 845. The Hall–Kier alpha value is -2.53. The molecule has 0 aromatic carbocycles. The van der Waals surface area contributed by atoms with Crippen molar-refractivity contribution in [1.82, 2.24) is 29.4 Å². The lowest BCUT2D eigenvalue weighted by molar-refractivity contribution is 0.193. The minimum Gasteiger partial charge on any atom is -0.324 e. The minimum absolute atomic E-state index is 0.116. The lowest BCUT2D eigenvalue weighted by atomic mass is 10.1. The molecule has 3 rings (SSSR count). The fourth-order valence-electron chi connectivity index (χ4n) is 2.91. The van der Waals surface area contributed by atoms with Gasteiger partial charge < -0.3 is 10.2 Å². The van der Waals surface area contributed by atoms with E-state index in [4.69, 9.17) is 0 Å². The third kappa shape index (κ3) is 5.23. The second-order valence-corrected chi connectivity index (χ2v) is 8.25. The number of urea groups is 1. The van der Waals surface area contributed by atoms with Gasteiger partial charge in [0.1, 0.15) is 12.7 Å². The fourth-order valence-corrected chi connectivity index (χ4v) is 4.31. The molecule has 27 heavy (non-hydrogen) atoms. The lowest BCUT2D eigenvalue weighted by Gasteiger charge is -2.32. The van der Waals surface area contributed by atoms with Crippen molar-refractivity contribution in [1.29, 1.82) is 0 Å². The van der Waals surface area contributed by atoms with Crippen LogP contribution in [0.4, 0.5) is 10.5 Å². The monoisotopic (exact) mass is 393 g/mol. The molecule has 2 aromatic heterocycles. The average molecular weight is 393 g/mol. The maximum atomic E-state index is 12.4. The molecule has 2 amide bonds. The van der Waals surface area contributed by atoms with Crippen LogP contribution in [0.5, 0.6) is 0 Å². The van der Waals surface area contributed by atoms with E-state index in [0.717, 1.165) is 0 Å². The van der Waals surface area contributed by atoms with E-state index >= 15 is 0 Å². The van der Waals surface area contributed by atoms with Crippen LogP contribution in [-0.2, 0) is 10.0 Å². The van der Waals surface area contributed by atoms with Crippen molar-refractivity contribution < 1.29 is 13.2 Å². The number of aromatic nitrogens is 4. The summed E-state index contributed by atoms with van der Waals surface area (Å²) in [5.41, 5.74) is 0.578. The van der Waals surface area contributed by atoms with Crippen molar-refractivity contribution in [2.45, 2.75) is 32.2 Å². The van der Waals surface area contributed by atoms with Crippen LogP contribution in [0.25, 0.3) is 5.82 Å². The number of sulfonamides is 1. The number of amides is 2. The lowest BCUT2D eigenvalue weighted by Crippen LogP contribution is -2.48. The molecule has 0 spiro atoms. The molecule has 1 saturated heterocycles. The number of carbonyl (C=O) groups excluding carboxylic acids is 1. The molecular weight excluding hydrogens is 370 g/mol. The predicted molar refractivity (Wildman–Crippen MR) is 100.0 cm³/mol. The molecule has 0 saturated carbocycles. The minimum atomic E-state index is -3.23. The second kappa shape index (κ2) is 8.44. The molecule has 11 heteroatoms. The summed E-state index contributed by atoms with van der Waals surface area (Å²) in [6.45, 7) is 2.82. The van der Waals surface area contributed by atoms with Gasteiger partial charge in [-0.2, -0.15) is 5.10 Å². The van der Waals surface area contributed by atoms with Gasteiger partial charge in [0.2, 0.25) is 10.0 Å². The van der Waals surface area contributed by atoms with E-state index in [9.17, 15) is 13.2 Å². The summed E-state index contributed by atoms with van der Waals surface area (Å²) in [6, 6.07) is 3.14. The molecule has 3 heterocycles. The largest absolute Gasteiger partial charge is 0.324 e. The summed E-state index contributed by atoms with van der Waals surface area (Å²) in [6.07, 6.45) is 6.30. The van der Waals surface area contributed by atoms with Gasteiger partial charge in [0.05, 0.1) is 17.6 Å². The van der Waals surface area contributed by atoms with Gasteiger partial charge in [-0.15, -0.1) is 0 Å². The molecule has 2 aromatic rings. The van der Waals surface area contributed by atoms with Gasteiger partial charge in [-0.1, -0.05) is 6.92 Å². The van der Waals surface area contributed by atoms with E-state index < -0.39 is 10.0 Å². The van der Waals surface area contributed by atoms with Crippen molar-refractivity contribution >= 4 is 21.7 Å². The number of hydrogen-bond acceptors (Lipinski definition) is 6. The Morgan fingerprint density at radius 2 is 2.07 bits per heavy atom. The van der Waals surface area contributed by atoms with Crippen molar-refractivity contribution in [3.63, 3.8) is 0 Å². The van der Waals surface area contributed by atoms with E-state index in [1.807, 2.05) is 6.92 Å². The highest BCUT2D eigenvalue weighted by molar-refractivity contribution is 7.89. The van der Waals surface area contributed by atoms with Gasteiger partial charge in [-0.25, -0.2) is 32.6 Å². The maximum Gasteiger partial charge on any atom is 0.321 e. The number of likely N-dealkylation sites (tertiary alicyclic amines) is 1. The third-order valence-electron chi connectivity index (χ3n) is 4.25. The molecular formula is C16H23N7O3S. The van der Waals surface area contributed by atoms with Crippen LogP contribution in [-0.4, -0.2) is 64.0 Å². The molecule has 1 fully saturated rings. The topological polar surface area (TPSA) is 122 Å². The Labute approximate surface area is 158 Å². The highest BCUT2D eigenvalue weighted by Crippen LogP contribution is 2.14. The molecule has 0 radical (unpaired) electrons. The maximum absolute atomic E-state index is 12.4. The van der Waals surface area contributed by atoms with E-state index in [2.05, 4.69) is 25.1 Å². The number of hydrogen-bond donors (Lipinski definition) is 2. The first-order valence-electron chi connectivity index (χ1n) is 8.84. The number of rotatable bonds is 6. The van der Waals surface area contributed by atoms with E-state index in [0.29, 0.717) is 43.9 Å². The molecule has 0 bridgehead atoms. The van der Waals surface area contributed by atoms with Gasteiger partial charge in [-0.05, 0) is 31.4 Å². The average Bonchev–Trinajstić information content (AvgIpc) is 3.17. The summed E-state index contributed by atoms with van der Waals surface area (Å²) in [4.78, 5) is 22.2. The number of pyridine rings is 1. The Morgan fingerprint density at radius 3 is 2.67 bits per heavy atom. The predicted octanol–water partition coefficient (Wildman–Crippen LogP) is 0.988. The van der Waals surface area contributed by atoms with Crippen LogP contribution < -0.4 is 10.0 Å². The van der Waals surface area contributed by atoms with Gasteiger partial charge >= 0.3 is 6.03 Å². The fraction of sp³-hybridized carbons (Fsp3) is 0.500. The third-order valence-corrected chi connectivity index (χ3v) is 5.89. The molecule has 0 aliphatic carbocycles. The van der Waals surface area contributed by atoms with Gasteiger partial charge in [0.25, 0.3) is 0 Å². The Kier molecular flexibility index (Phi) is 6.01. The molecule has 1 aliphatic rings. The molecule has 10 nitrogen and oxygen atoms in total. The first kappa shape index (κ1) is 19.2. The smallest absolute Gasteiger partial charge is 0.321 e. The van der Waals surface area contributed by atoms with Crippen molar-refractivity contribution in [3.8, 4) is 5.82 Å². The van der Waals surface area contributed by atoms with Crippen LogP contribution >= 0.6 is 0 Å². The quantitative estimate of drug-likeness (QED) is 0.755. The summed E-state index contributed by atoms with van der Waals surface area (Å²) >= 11 is 0. The standard InChI is InChI=1S/C16H23N7O3S/c1-2-9-27(25,26)21-13-5-7-22(8-6-13)16(24)20-14-3-4-15(18-10-14)23-12-17-11-19-23/h3-4,10-13,21H,2,5-9H2,1H3,(H,20,24). The highest BCUT2D eigenvalue weighted by atomic mass is 32.2. The summed E-state index contributed by atoms with van der Waals surface area (Å²) in [7, 11) is -3.23. The zero-order valence-electron chi connectivity index (χ0n) is 15.1. The Morgan fingerprint density at radius 1 is 1.30 bits per heavy atom. The molecule has 2 N–H and O–H groups in total. The van der Waals surface area contributed by atoms with Crippen LogP contribution in [0, 0.1) is 0 Å². The molecule has 0 atom stereocenters. The van der Waals surface area contributed by atoms with Gasteiger partial charge in [0, 0.05) is 19.1 Å². The summed E-state index contributed by atoms with van der Waals surface area (Å²) in [5.74, 6) is 0.733. The summed E-state index contributed by atoms with van der Waals surface area (Å²) in [5, 5.41) is 6.80. The van der Waals surface area contributed by atoms with Crippen molar-refractivity contribution in [2.24, 2.45) is 0 Å². The van der Waals surface area contributed by atoms with Crippen molar-refractivity contribution in [3.05, 3.63) is 31.0 Å². The van der Waals surface area contributed by atoms with Crippen molar-refractivity contribution in [2.75, 3.05) is 24.2 Å². The van der Waals surface area contributed by atoms with Crippen LogP contribution in [0.2, 0.25) is 0 Å². The van der Waals surface area contributed by atoms with Crippen LogP contribution in [0.15, 0.2) is 31.0 Å². The number of anilines is 1. The van der Waals surface area contributed by atoms with E-state index in [-0.39, 0.29) is 17.8 Å². The first-order valence-corrected chi connectivity index (χ1v) is 10.5. The molecule has 1 aliphatic heterocycles. The SMILES string of the molecule is CCCS(=O)(=O)NC1CCN(C(=O)Nc2ccc(-n3cncn3)nc2)CC1. The number of nitrogens with zero attached hydrogens (tertiary/aromatic N) is 5. The molecule has 146 valence electrons. The second-order valence-electron chi connectivity index (χ2n) is 6.37. The first-order chi connectivity index (χ1) is 13.0. The zero-order valence-corrected chi connectivity index (χ0v) is 15.9. The van der Waals surface area contributed by atoms with Gasteiger partial charge in [0.15, 0.2) is 5.82 Å². The Balaban J connectivity index is 1.49. The highest BCUT2D eigenvalue weighted by Gasteiger charge is 2.25. The van der Waals surface area contributed by atoms with E-state index in [1.54, 1.807) is 29.6 Å². The van der Waals surface area contributed by atoms with Crippen LogP contribution in [0.3, 0.4) is 0 Å².